The molecule has 1 saturated heterocycles. The number of aryl methyl sites for hydroxylation is 2. The van der Waals surface area contributed by atoms with E-state index in [1.807, 2.05) is 15.9 Å². The Morgan fingerprint density at radius 3 is 2.76 bits per heavy atom. The van der Waals surface area contributed by atoms with E-state index in [-0.39, 0.29) is 0 Å². The van der Waals surface area contributed by atoms with Crippen LogP contribution in [0.2, 0.25) is 0 Å². The monoisotopic (exact) mass is 466 g/mol. The molecule has 176 valence electrons. The summed E-state index contributed by atoms with van der Waals surface area (Å²) in [5.41, 5.74) is 14.2. The second-order valence-electron chi connectivity index (χ2n) is 9.85. The van der Waals surface area contributed by atoms with Crippen LogP contribution in [0, 0.1) is 20.8 Å². The SMILES string of the molecule is Cc1c(-c2[nH]c3sc([C@@H]4CCCN(CC(N)O)C4)c(C)c3c2C(C)C)cn2ncnc2c1C. The van der Waals surface area contributed by atoms with Crippen molar-refractivity contribution >= 4 is 27.2 Å². The molecule has 1 aliphatic rings. The molecule has 4 aromatic rings. The number of aromatic amines is 1. The van der Waals surface area contributed by atoms with Gasteiger partial charge in [-0.2, -0.15) is 5.10 Å². The average Bonchev–Trinajstić information content (AvgIpc) is 3.45. The number of nitrogens with zero attached hydrogens (tertiary/aromatic N) is 4. The number of rotatable bonds is 5. The third kappa shape index (κ3) is 3.79. The van der Waals surface area contributed by atoms with E-state index in [0.29, 0.717) is 18.4 Å². The third-order valence-electron chi connectivity index (χ3n) is 7.26. The van der Waals surface area contributed by atoms with Crippen molar-refractivity contribution in [2.75, 3.05) is 19.6 Å². The highest BCUT2D eigenvalue weighted by Gasteiger charge is 2.29. The van der Waals surface area contributed by atoms with Crippen LogP contribution in [-0.2, 0) is 0 Å². The van der Waals surface area contributed by atoms with Crippen LogP contribution in [0.25, 0.3) is 27.1 Å². The van der Waals surface area contributed by atoms with Crippen molar-refractivity contribution < 1.29 is 5.11 Å². The van der Waals surface area contributed by atoms with Crippen LogP contribution in [0.1, 0.15) is 65.7 Å². The first-order chi connectivity index (χ1) is 15.8. The first kappa shape index (κ1) is 22.5. The van der Waals surface area contributed by atoms with Crippen molar-refractivity contribution in [1.29, 1.82) is 0 Å². The van der Waals surface area contributed by atoms with Crippen LogP contribution in [0.4, 0.5) is 0 Å². The zero-order valence-corrected chi connectivity index (χ0v) is 21.0. The lowest BCUT2D eigenvalue weighted by Gasteiger charge is -2.33. The molecule has 4 aromatic heterocycles. The Morgan fingerprint density at radius 2 is 2.03 bits per heavy atom. The van der Waals surface area contributed by atoms with Gasteiger partial charge in [-0.15, -0.1) is 11.3 Å². The van der Waals surface area contributed by atoms with Gasteiger partial charge in [0.15, 0.2) is 5.65 Å². The van der Waals surface area contributed by atoms with Crippen LogP contribution < -0.4 is 5.73 Å². The Bertz CT molecular complexity index is 1310. The largest absolute Gasteiger partial charge is 0.377 e. The fourth-order valence-electron chi connectivity index (χ4n) is 5.58. The molecule has 0 spiro atoms. The molecule has 33 heavy (non-hydrogen) atoms. The van der Waals surface area contributed by atoms with Gasteiger partial charge in [-0.3, -0.25) is 4.90 Å². The Balaban J connectivity index is 1.61. The zero-order valence-electron chi connectivity index (χ0n) is 20.1. The Kier molecular flexibility index (Phi) is 5.81. The molecule has 5 rings (SSSR count). The third-order valence-corrected chi connectivity index (χ3v) is 8.63. The number of likely N-dealkylation sites (tertiary alicyclic amines) is 1. The lowest BCUT2D eigenvalue weighted by Crippen LogP contribution is -2.42. The number of aliphatic hydroxyl groups excluding tert-OH is 1. The Labute approximate surface area is 198 Å². The number of aliphatic hydroxyl groups is 1. The number of fused-ring (bicyclic) bond motifs is 2. The maximum Gasteiger partial charge on any atom is 0.158 e. The highest BCUT2D eigenvalue weighted by atomic mass is 32.1. The van der Waals surface area contributed by atoms with Gasteiger partial charge in [0.25, 0.3) is 0 Å². The van der Waals surface area contributed by atoms with E-state index in [2.05, 4.69) is 60.8 Å². The van der Waals surface area contributed by atoms with Crippen molar-refractivity contribution in [3.8, 4) is 11.3 Å². The number of hydrogen-bond donors (Lipinski definition) is 3. The van der Waals surface area contributed by atoms with Crippen molar-refractivity contribution in [2.24, 2.45) is 5.73 Å². The van der Waals surface area contributed by atoms with E-state index in [1.54, 1.807) is 6.33 Å². The molecular weight excluding hydrogens is 432 g/mol. The lowest BCUT2D eigenvalue weighted by molar-refractivity contribution is 0.0999. The molecule has 0 radical (unpaired) electrons. The minimum atomic E-state index is -0.771. The van der Waals surface area contributed by atoms with Crippen molar-refractivity contribution in [2.45, 2.75) is 65.5 Å². The van der Waals surface area contributed by atoms with E-state index in [0.717, 1.165) is 25.2 Å². The van der Waals surface area contributed by atoms with Gasteiger partial charge in [-0.1, -0.05) is 13.8 Å². The predicted molar refractivity (Wildman–Crippen MR) is 135 cm³/mol. The standard InChI is InChI=1S/C25H34N6OS/c1-13(2)20-21-16(5)23(17-7-6-8-30(9-17)11-19(26)32)33-25(21)29-22(20)18-10-31-24(27-12-28-31)15(4)14(18)3/h10,12-13,17,19,29,32H,6-9,11,26H2,1-5H3/t17-,19?/m1/s1. The number of nitrogens with two attached hydrogens (primary N) is 1. The van der Waals surface area contributed by atoms with E-state index in [4.69, 9.17) is 5.73 Å². The molecule has 7 nitrogen and oxygen atoms in total. The summed E-state index contributed by atoms with van der Waals surface area (Å²) < 4.78 is 1.89. The molecule has 0 bridgehead atoms. The van der Waals surface area contributed by atoms with E-state index in [1.165, 1.54) is 55.0 Å². The molecular formula is C25H34N6OS. The second-order valence-corrected chi connectivity index (χ2v) is 10.9. The molecule has 2 atom stereocenters. The van der Waals surface area contributed by atoms with E-state index in [9.17, 15) is 5.11 Å². The van der Waals surface area contributed by atoms with Gasteiger partial charge in [0, 0.05) is 41.0 Å². The van der Waals surface area contributed by atoms with Crippen LogP contribution in [0.15, 0.2) is 12.5 Å². The maximum atomic E-state index is 9.65. The van der Waals surface area contributed by atoms with Crippen molar-refractivity contribution in [1.82, 2.24) is 24.5 Å². The second kappa shape index (κ2) is 8.51. The fourth-order valence-corrected chi connectivity index (χ4v) is 6.93. The number of thiophene rings is 1. The van der Waals surface area contributed by atoms with Gasteiger partial charge >= 0.3 is 0 Å². The summed E-state index contributed by atoms with van der Waals surface area (Å²) in [4.78, 5) is 13.3. The minimum Gasteiger partial charge on any atom is -0.377 e. The molecule has 5 heterocycles. The number of hydrogen-bond acceptors (Lipinski definition) is 6. The fraction of sp³-hybridized carbons (Fsp3) is 0.520. The van der Waals surface area contributed by atoms with Crippen LogP contribution in [-0.4, -0.2) is 55.5 Å². The summed E-state index contributed by atoms with van der Waals surface area (Å²) >= 11 is 1.90. The van der Waals surface area contributed by atoms with Gasteiger partial charge < -0.3 is 15.8 Å². The summed E-state index contributed by atoms with van der Waals surface area (Å²) in [5, 5.41) is 15.4. The summed E-state index contributed by atoms with van der Waals surface area (Å²) in [5.74, 6) is 0.874. The highest BCUT2D eigenvalue weighted by molar-refractivity contribution is 7.19. The molecule has 0 amide bonds. The number of β-amino-alcohol motifs (C(OH)–C–C–N with tert-alkyl or cyclic N) is 1. The van der Waals surface area contributed by atoms with Crippen molar-refractivity contribution in [3.05, 3.63) is 39.7 Å². The van der Waals surface area contributed by atoms with Crippen LogP contribution >= 0.6 is 11.3 Å². The summed E-state index contributed by atoms with van der Waals surface area (Å²) in [6, 6.07) is 0. The number of aromatic nitrogens is 4. The first-order valence-electron chi connectivity index (χ1n) is 11.9. The molecule has 0 saturated carbocycles. The summed E-state index contributed by atoms with van der Waals surface area (Å²) in [7, 11) is 0. The Hall–Kier alpha value is -2.26. The van der Waals surface area contributed by atoms with Gasteiger partial charge in [-0.05, 0) is 68.3 Å². The normalized spacial score (nSPS) is 18.7. The zero-order chi connectivity index (χ0) is 23.4. The van der Waals surface area contributed by atoms with E-state index >= 15 is 0 Å². The van der Waals surface area contributed by atoms with Crippen LogP contribution in [0.5, 0.6) is 0 Å². The van der Waals surface area contributed by atoms with E-state index < -0.39 is 6.23 Å². The predicted octanol–water partition coefficient (Wildman–Crippen LogP) is 4.44. The molecule has 8 heteroatoms. The first-order valence-corrected chi connectivity index (χ1v) is 12.7. The molecule has 0 aromatic carbocycles. The van der Waals surface area contributed by atoms with Crippen molar-refractivity contribution in [3.63, 3.8) is 0 Å². The topological polar surface area (TPSA) is 95.5 Å². The smallest absolute Gasteiger partial charge is 0.158 e. The number of nitrogens with one attached hydrogen (secondary N) is 1. The van der Waals surface area contributed by atoms with Gasteiger partial charge in [0.1, 0.15) is 17.4 Å². The van der Waals surface area contributed by atoms with Gasteiger partial charge in [-0.25, -0.2) is 9.50 Å². The highest BCUT2D eigenvalue weighted by Crippen LogP contribution is 2.46. The lowest BCUT2D eigenvalue weighted by atomic mass is 9.90. The minimum absolute atomic E-state index is 0.385. The molecule has 0 aliphatic carbocycles. The number of piperidine rings is 1. The molecule has 1 aliphatic heterocycles. The molecule has 4 N–H and O–H groups in total. The number of H-pyrrole nitrogens is 1. The van der Waals surface area contributed by atoms with Crippen LogP contribution in [0.3, 0.4) is 0 Å². The molecule has 1 fully saturated rings. The van der Waals surface area contributed by atoms with Gasteiger partial charge in [0.05, 0.1) is 5.69 Å². The Morgan fingerprint density at radius 1 is 1.24 bits per heavy atom. The molecule has 1 unspecified atom stereocenters. The summed E-state index contributed by atoms with van der Waals surface area (Å²) in [6.45, 7) is 13.7. The average molecular weight is 467 g/mol. The quantitative estimate of drug-likeness (QED) is 0.378. The summed E-state index contributed by atoms with van der Waals surface area (Å²) in [6.07, 6.45) is 5.29. The maximum absolute atomic E-state index is 9.65. The number of pyridine rings is 1. The van der Waals surface area contributed by atoms with Gasteiger partial charge in [0.2, 0.25) is 0 Å².